The molecule has 0 aliphatic rings. The van der Waals surface area contributed by atoms with E-state index in [0.717, 1.165) is 46.9 Å². The van der Waals surface area contributed by atoms with Crippen LogP contribution < -0.4 is 4.74 Å². The van der Waals surface area contributed by atoms with Crippen LogP contribution in [0.4, 0.5) is 0 Å². The number of rotatable bonds is 12. The normalized spacial score (nSPS) is 11.9. The molecule has 0 N–H and O–H groups in total. The molecular weight excluding hydrogens is 649 g/mol. The molecule has 3 heterocycles. The summed E-state index contributed by atoms with van der Waals surface area (Å²) < 4.78 is 10.9. The first kappa shape index (κ1) is 36.2. The first-order valence-corrected chi connectivity index (χ1v) is 19.4. The van der Waals surface area contributed by atoms with Gasteiger partial charge in [-0.15, -0.1) is 0 Å². The summed E-state index contributed by atoms with van der Waals surface area (Å²) in [4.78, 5) is 4.82. The maximum atomic E-state index is 6.61. The molecule has 0 atom stereocenters. The van der Waals surface area contributed by atoms with Crippen LogP contribution in [0.2, 0.25) is 0 Å². The van der Waals surface area contributed by atoms with Gasteiger partial charge in [0.15, 0.2) is 0 Å². The topological polar surface area (TPSA) is 44.9 Å². The zero-order valence-corrected chi connectivity index (χ0v) is 33.0. The lowest BCUT2D eigenvalue weighted by Crippen LogP contribution is -2.08. The molecular formula is C48H54N4O. The van der Waals surface area contributed by atoms with E-state index in [1.54, 1.807) is 0 Å². The SMILES string of the molecule is Cc1c(C)c(CCC(C)C)c(-c2cnn(-c3cccc(Oc4ccc5c6ccccc6n(-c6cc(C(C)C)ccn6)c5c4)c3)c2)c(CCC(C)C)c1C. The number of ether oxygens (including phenoxy) is 1. The highest BCUT2D eigenvalue weighted by atomic mass is 16.5. The lowest BCUT2D eigenvalue weighted by Gasteiger charge is -2.23. The van der Waals surface area contributed by atoms with Gasteiger partial charge in [0, 0.05) is 40.9 Å². The van der Waals surface area contributed by atoms with E-state index in [4.69, 9.17) is 14.8 Å². The maximum Gasteiger partial charge on any atom is 0.137 e. The van der Waals surface area contributed by atoms with Crippen molar-refractivity contribution in [2.45, 2.75) is 93.9 Å². The predicted molar refractivity (Wildman–Crippen MR) is 222 cm³/mol. The van der Waals surface area contributed by atoms with Crippen LogP contribution in [-0.2, 0) is 12.8 Å². The molecule has 272 valence electrons. The Kier molecular flexibility index (Phi) is 10.3. The summed E-state index contributed by atoms with van der Waals surface area (Å²) in [5.41, 5.74) is 14.2. The Morgan fingerprint density at radius 2 is 1.34 bits per heavy atom. The van der Waals surface area contributed by atoms with Gasteiger partial charge in [-0.2, -0.15) is 5.10 Å². The summed E-state index contributed by atoms with van der Waals surface area (Å²) in [7, 11) is 0. The van der Waals surface area contributed by atoms with Crippen molar-refractivity contribution in [2.24, 2.45) is 11.8 Å². The largest absolute Gasteiger partial charge is 0.457 e. The van der Waals surface area contributed by atoms with Crippen molar-refractivity contribution in [3.63, 3.8) is 0 Å². The number of aromatic nitrogens is 4. The average Bonchev–Trinajstić information content (AvgIpc) is 3.76. The Morgan fingerprint density at radius 1 is 0.660 bits per heavy atom. The summed E-state index contributed by atoms with van der Waals surface area (Å²) in [6, 6.07) is 27.5. The number of hydrogen-bond acceptors (Lipinski definition) is 3. The molecule has 5 nitrogen and oxygen atoms in total. The minimum absolute atomic E-state index is 0.408. The van der Waals surface area contributed by atoms with Gasteiger partial charge in [-0.25, -0.2) is 9.67 Å². The maximum absolute atomic E-state index is 6.61. The van der Waals surface area contributed by atoms with E-state index in [2.05, 4.69) is 146 Å². The summed E-state index contributed by atoms with van der Waals surface area (Å²) in [6.45, 7) is 20.7. The van der Waals surface area contributed by atoms with Crippen LogP contribution in [-0.4, -0.2) is 19.3 Å². The molecule has 0 unspecified atom stereocenters. The Hall–Kier alpha value is -5.16. The van der Waals surface area contributed by atoms with E-state index in [9.17, 15) is 0 Å². The molecule has 0 radical (unpaired) electrons. The standard InChI is InChI=1S/C48H54N4O/c1-30(2)17-20-41-34(8)33(7)35(9)42(21-18-31(3)4)48(41)37-28-50-51(29-37)38-13-12-14-39(26-38)53-40-19-22-44-43-15-10-11-16-45(43)52(46(44)27-40)47-25-36(32(5)6)23-24-49-47/h10-16,19,22-32H,17-18,20-21H2,1-9H3. The van der Waals surface area contributed by atoms with E-state index < -0.39 is 0 Å². The zero-order chi connectivity index (χ0) is 37.4. The number of pyridine rings is 1. The number of hydrogen-bond donors (Lipinski definition) is 0. The highest BCUT2D eigenvalue weighted by Gasteiger charge is 2.21. The Balaban J connectivity index is 1.25. The zero-order valence-electron chi connectivity index (χ0n) is 33.0. The Bertz CT molecular complexity index is 2370. The smallest absolute Gasteiger partial charge is 0.137 e. The Morgan fingerprint density at radius 3 is 2.04 bits per heavy atom. The molecule has 0 bridgehead atoms. The number of benzene rings is 4. The summed E-state index contributed by atoms with van der Waals surface area (Å²) in [5.74, 6) is 4.14. The van der Waals surface area contributed by atoms with Gasteiger partial charge in [-0.05, 0) is 146 Å². The van der Waals surface area contributed by atoms with Crippen LogP contribution in [0.15, 0.2) is 97.5 Å². The molecule has 3 aromatic heterocycles. The molecule has 7 rings (SSSR count). The van der Waals surface area contributed by atoms with Crippen LogP contribution >= 0.6 is 0 Å². The van der Waals surface area contributed by atoms with Crippen molar-refractivity contribution in [1.82, 2.24) is 19.3 Å². The van der Waals surface area contributed by atoms with Crippen molar-refractivity contribution < 1.29 is 4.74 Å². The third-order valence-corrected chi connectivity index (χ3v) is 11.1. The van der Waals surface area contributed by atoms with E-state index in [-0.39, 0.29) is 0 Å². The second-order valence-electron chi connectivity index (χ2n) is 16.0. The summed E-state index contributed by atoms with van der Waals surface area (Å²) >= 11 is 0. The van der Waals surface area contributed by atoms with Crippen LogP contribution in [0.1, 0.15) is 93.7 Å². The van der Waals surface area contributed by atoms with Gasteiger partial charge in [0.25, 0.3) is 0 Å². The van der Waals surface area contributed by atoms with Crippen LogP contribution in [0, 0.1) is 32.6 Å². The summed E-state index contributed by atoms with van der Waals surface area (Å²) in [5, 5.41) is 7.31. The molecule has 7 aromatic rings. The van der Waals surface area contributed by atoms with E-state index in [0.29, 0.717) is 17.8 Å². The van der Waals surface area contributed by atoms with Gasteiger partial charge < -0.3 is 4.74 Å². The van der Waals surface area contributed by atoms with Crippen LogP contribution in [0.25, 0.3) is 44.4 Å². The Labute approximate surface area is 315 Å². The van der Waals surface area contributed by atoms with Gasteiger partial charge in [0.05, 0.1) is 22.9 Å². The van der Waals surface area contributed by atoms with E-state index >= 15 is 0 Å². The third kappa shape index (κ3) is 7.27. The van der Waals surface area contributed by atoms with E-state index in [1.165, 1.54) is 68.1 Å². The highest BCUT2D eigenvalue weighted by Crippen LogP contribution is 2.39. The fourth-order valence-electron chi connectivity index (χ4n) is 7.73. The average molecular weight is 703 g/mol. The van der Waals surface area contributed by atoms with Crippen molar-refractivity contribution in [3.8, 4) is 34.1 Å². The molecule has 0 fully saturated rings. The highest BCUT2D eigenvalue weighted by molar-refractivity contribution is 6.09. The molecule has 0 amide bonds. The van der Waals surface area contributed by atoms with Gasteiger partial charge in [-0.3, -0.25) is 4.57 Å². The van der Waals surface area contributed by atoms with Crippen LogP contribution in [0.5, 0.6) is 11.5 Å². The molecule has 0 saturated heterocycles. The molecule has 0 aliphatic carbocycles. The van der Waals surface area contributed by atoms with Crippen molar-refractivity contribution in [3.05, 3.63) is 131 Å². The number of nitrogens with zero attached hydrogens (tertiary/aromatic N) is 4. The minimum Gasteiger partial charge on any atom is -0.457 e. The fraction of sp³-hybridized carbons (Fsp3) is 0.333. The molecule has 4 aromatic carbocycles. The first-order chi connectivity index (χ1) is 25.5. The quantitative estimate of drug-likeness (QED) is 0.127. The van der Waals surface area contributed by atoms with Crippen molar-refractivity contribution in [1.29, 1.82) is 0 Å². The lowest BCUT2D eigenvalue weighted by molar-refractivity contribution is 0.483. The number of para-hydroxylation sites is 1. The van der Waals surface area contributed by atoms with Gasteiger partial charge >= 0.3 is 0 Å². The summed E-state index contributed by atoms with van der Waals surface area (Å²) in [6.07, 6.45) is 10.7. The fourth-order valence-corrected chi connectivity index (χ4v) is 7.73. The second kappa shape index (κ2) is 15.1. The molecule has 0 aliphatic heterocycles. The second-order valence-corrected chi connectivity index (χ2v) is 16.0. The van der Waals surface area contributed by atoms with Crippen LogP contribution in [0.3, 0.4) is 0 Å². The minimum atomic E-state index is 0.408. The molecule has 0 spiro atoms. The third-order valence-electron chi connectivity index (χ3n) is 11.1. The van der Waals surface area contributed by atoms with Gasteiger partial charge in [-0.1, -0.05) is 65.8 Å². The lowest BCUT2D eigenvalue weighted by atomic mass is 9.81. The van der Waals surface area contributed by atoms with Gasteiger partial charge in [0.1, 0.15) is 17.3 Å². The number of fused-ring (bicyclic) bond motifs is 3. The van der Waals surface area contributed by atoms with Crippen molar-refractivity contribution in [2.75, 3.05) is 0 Å². The molecule has 53 heavy (non-hydrogen) atoms. The van der Waals surface area contributed by atoms with Crippen molar-refractivity contribution >= 4 is 21.8 Å². The predicted octanol–water partition coefficient (Wildman–Crippen LogP) is 13.0. The monoisotopic (exact) mass is 702 g/mol. The molecule has 5 heteroatoms. The molecule has 0 saturated carbocycles. The first-order valence-electron chi connectivity index (χ1n) is 19.4. The van der Waals surface area contributed by atoms with E-state index in [1.807, 2.05) is 23.0 Å². The van der Waals surface area contributed by atoms with Gasteiger partial charge in [0.2, 0.25) is 0 Å².